The maximum Gasteiger partial charge on any atom is 0.492 e. The Kier molecular flexibility index (Phi) is 4.42. The van der Waals surface area contributed by atoms with Crippen molar-refractivity contribution in [3.05, 3.63) is 58.9 Å². The SMILES string of the molecule is OB(O)c1ccccc1OCc1ccc(Cl)c(F)c1. The van der Waals surface area contributed by atoms with Gasteiger partial charge in [-0.3, -0.25) is 0 Å². The Balaban J connectivity index is 2.12. The summed E-state index contributed by atoms with van der Waals surface area (Å²) in [5, 5.41) is 18.4. The Morgan fingerprint density at radius 3 is 2.58 bits per heavy atom. The fourth-order valence-corrected chi connectivity index (χ4v) is 1.73. The van der Waals surface area contributed by atoms with Crippen molar-refractivity contribution in [2.24, 2.45) is 0 Å². The van der Waals surface area contributed by atoms with Gasteiger partial charge in [-0.15, -0.1) is 0 Å². The number of benzene rings is 2. The minimum absolute atomic E-state index is 0.0509. The van der Waals surface area contributed by atoms with Crippen LogP contribution in [0.2, 0.25) is 5.02 Å². The molecule has 0 aromatic heterocycles. The molecule has 3 nitrogen and oxygen atoms in total. The topological polar surface area (TPSA) is 49.7 Å². The molecule has 98 valence electrons. The summed E-state index contributed by atoms with van der Waals surface area (Å²) in [7, 11) is -1.61. The summed E-state index contributed by atoms with van der Waals surface area (Å²) in [5.41, 5.74) is 0.862. The van der Waals surface area contributed by atoms with Gasteiger partial charge in [-0.05, 0) is 23.8 Å². The molecule has 0 aliphatic heterocycles. The van der Waals surface area contributed by atoms with E-state index >= 15 is 0 Å². The molecule has 2 N–H and O–H groups in total. The average Bonchev–Trinajstić information content (AvgIpc) is 2.40. The zero-order valence-electron chi connectivity index (χ0n) is 9.88. The van der Waals surface area contributed by atoms with E-state index in [-0.39, 0.29) is 17.1 Å². The van der Waals surface area contributed by atoms with E-state index in [1.807, 2.05) is 0 Å². The first kappa shape index (κ1) is 13.9. The second kappa shape index (κ2) is 6.06. The van der Waals surface area contributed by atoms with Crippen LogP contribution in [0.25, 0.3) is 0 Å². The van der Waals surface area contributed by atoms with Gasteiger partial charge < -0.3 is 14.8 Å². The number of hydrogen-bond donors (Lipinski definition) is 2. The Morgan fingerprint density at radius 2 is 1.89 bits per heavy atom. The molecule has 0 heterocycles. The number of para-hydroxylation sites is 1. The quantitative estimate of drug-likeness (QED) is 0.839. The Morgan fingerprint density at radius 1 is 1.16 bits per heavy atom. The van der Waals surface area contributed by atoms with Gasteiger partial charge in [0.15, 0.2) is 0 Å². The Bertz CT molecular complexity index is 578. The Labute approximate surface area is 115 Å². The van der Waals surface area contributed by atoms with Crippen molar-refractivity contribution < 1.29 is 19.2 Å². The van der Waals surface area contributed by atoms with Gasteiger partial charge in [0.1, 0.15) is 18.2 Å². The van der Waals surface area contributed by atoms with Gasteiger partial charge in [0.05, 0.1) is 5.02 Å². The van der Waals surface area contributed by atoms with E-state index in [9.17, 15) is 14.4 Å². The zero-order chi connectivity index (χ0) is 13.8. The fraction of sp³-hybridized carbons (Fsp3) is 0.0769. The molecule has 2 rings (SSSR count). The van der Waals surface area contributed by atoms with Crippen LogP contribution in [0.3, 0.4) is 0 Å². The molecule has 0 fully saturated rings. The van der Waals surface area contributed by atoms with Crippen molar-refractivity contribution in [2.75, 3.05) is 0 Å². The van der Waals surface area contributed by atoms with Crippen LogP contribution in [0, 0.1) is 5.82 Å². The molecule has 2 aromatic rings. The minimum atomic E-state index is -1.61. The van der Waals surface area contributed by atoms with Gasteiger partial charge in [-0.1, -0.05) is 35.9 Å². The van der Waals surface area contributed by atoms with Crippen molar-refractivity contribution >= 4 is 24.2 Å². The number of ether oxygens (including phenoxy) is 1. The van der Waals surface area contributed by atoms with E-state index < -0.39 is 12.9 Å². The van der Waals surface area contributed by atoms with Crippen LogP contribution in [-0.2, 0) is 6.61 Å². The minimum Gasteiger partial charge on any atom is -0.489 e. The number of halogens is 2. The largest absolute Gasteiger partial charge is 0.492 e. The van der Waals surface area contributed by atoms with E-state index in [4.69, 9.17) is 16.3 Å². The molecule has 0 unspecified atom stereocenters. The lowest BCUT2D eigenvalue weighted by molar-refractivity contribution is 0.306. The standard InChI is InChI=1S/C13H11BClFO3/c15-11-6-5-9(7-12(11)16)8-19-13-4-2-1-3-10(13)14(17)18/h1-7,17-18H,8H2. The fourth-order valence-electron chi connectivity index (χ4n) is 1.62. The van der Waals surface area contributed by atoms with Crippen LogP contribution >= 0.6 is 11.6 Å². The van der Waals surface area contributed by atoms with E-state index in [1.165, 1.54) is 12.1 Å². The third-order valence-corrected chi connectivity index (χ3v) is 2.88. The van der Waals surface area contributed by atoms with E-state index in [0.717, 1.165) is 0 Å². The van der Waals surface area contributed by atoms with E-state index in [2.05, 4.69) is 0 Å². The number of hydrogen-bond acceptors (Lipinski definition) is 3. The first-order chi connectivity index (χ1) is 9.08. The lowest BCUT2D eigenvalue weighted by Crippen LogP contribution is -2.31. The lowest BCUT2D eigenvalue weighted by Gasteiger charge is -2.11. The van der Waals surface area contributed by atoms with Gasteiger partial charge in [0.2, 0.25) is 0 Å². The van der Waals surface area contributed by atoms with Gasteiger partial charge in [0.25, 0.3) is 0 Å². The maximum atomic E-state index is 13.2. The smallest absolute Gasteiger partial charge is 0.489 e. The second-order valence-corrected chi connectivity index (χ2v) is 4.36. The first-order valence-corrected chi connectivity index (χ1v) is 5.97. The lowest BCUT2D eigenvalue weighted by atomic mass is 9.79. The molecule has 0 saturated carbocycles. The molecule has 0 aliphatic rings. The monoisotopic (exact) mass is 280 g/mol. The summed E-state index contributed by atoms with van der Waals surface area (Å²) in [6.45, 7) is 0.109. The summed E-state index contributed by atoms with van der Waals surface area (Å²) < 4.78 is 18.7. The van der Waals surface area contributed by atoms with Crippen LogP contribution in [0.15, 0.2) is 42.5 Å². The highest BCUT2D eigenvalue weighted by molar-refractivity contribution is 6.59. The third kappa shape index (κ3) is 3.47. The van der Waals surface area contributed by atoms with Gasteiger partial charge in [-0.2, -0.15) is 0 Å². The van der Waals surface area contributed by atoms with Crippen LogP contribution in [-0.4, -0.2) is 17.2 Å². The summed E-state index contributed by atoms with van der Waals surface area (Å²) in [6.07, 6.45) is 0. The molecule has 0 spiro atoms. The van der Waals surface area contributed by atoms with Crippen molar-refractivity contribution in [3.63, 3.8) is 0 Å². The average molecular weight is 280 g/mol. The normalized spacial score (nSPS) is 10.3. The van der Waals surface area contributed by atoms with Crippen molar-refractivity contribution in [3.8, 4) is 5.75 Å². The molecule has 0 saturated heterocycles. The van der Waals surface area contributed by atoms with Crippen molar-refractivity contribution in [1.29, 1.82) is 0 Å². The summed E-state index contributed by atoms with van der Waals surface area (Å²) in [5.74, 6) is -0.175. The zero-order valence-corrected chi connectivity index (χ0v) is 10.6. The van der Waals surface area contributed by atoms with Crippen molar-refractivity contribution in [1.82, 2.24) is 0 Å². The van der Waals surface area contributed by atoms with Gasteiger partial charge in [0, 0.05) is 5.46 Å². The molecular weight excluding hydrogens is 269 g/mol. The summed E-state index contributed by atoms with van der Waals surface area (Å²) in [6, 6.07) is 10.9. The van der Waals surface area contributed by atoms with Crippen molar-refractivity contribution in [2.45, 2.75) is 6.61 Å². The molecule has 19 heavy (non-hydrogen) atoms. The van der Waals surface area contributed by atoms with Crippen LogP contribution in [0.1, 0.15) is 5.56 Å². The highest BCUT2D eigenvalue weighted by atomic mass is 35.5. The van der Waals surface area contributed by atoms with E-state index in [1.54, 1.807) is 30.3 Å². The first-order valence-electron chi connectivity index (χ1n) is 5.59. The summed E-state index contributed by atoms with van der Waals surface area (Å²) in [4.78, 5) is 0. The maximum absolute atomic E-state index is 13.2. The molecule has 6 heteroatoms. The predicted octanol–water partition coefficient (Wildman–Crippen LogP) is 1.74. The van der Waals surface area contributed by atoms with Gasteiger partial charge in [-0.25, -0.2) is 4.39 Å². The molecule has 0 amide bonds. The molecule has 2 aromatic carbocycles. The molecule has 0 radical (unpaired) electrons. The van der Waals surface area contributed by atoms with Crippen LogP contribution in [0.4, 0.5) is 4.39 Å². The molecule has 0 aliphatic carbocycles. The van der Waals surface area contributed by atoms with E-state index in [0.29, 0.717) is 11.3 Å². The third-order valence-electron chi connectivity index (χ3n) is 2.58. The second-order valence-electron chi connectivity index (χ2n) is 3.95. The summed E-state index contributed by atoms with van der Waals surface area (Å²) >= 11 is 5.58. The molecular formula is C13H11BClFO3. The number of rotatable bonds is 4. The predicted molar refractivity (Wildman–Crippen MR) is 72.0 cm³/mol. The highest BCUT2D eigenvalue weighted by Gasteiger charge is 2.16. The highest BCUT2D eigenvalue weighted by Crippen LogP contribution is 2.17. The Hall–Kier alpha value is -1.56. The molecule has 0 bridgehead atoms. The van der Waals surface area contributed by atoms with Gasteiger partial charge >= 0.3 is 7.12 Å². The van der Waals surface area contributed by atoms with Crippen LogP contribution in [0.5, 0.6) is 5.75 Å². The van der Waals surface area contributed by atoms with Crippen LogP contribution < -0.4 is 10.2 Å². The molecule has 0 atom stereocenters.